The third kappa shape index (κ3) is 5.26. The van der Waals surface area contributed by atoms with Gasteiger partial charge in [-0.15, -0.1) is 0 Å². The molecule has 0 radical (unpaired) electrons. The highest BCUT2D eigenvalue weighted by Gasteiger charge is 2.26. The van der Waals surface area contributed by atoms with Gasteiger partial charge in [0.05, 0.1) is 5.75 Å². The van der Waals surface area contributed by atoms with Gasteiger partial charge in [0.25, 0.3) is 0 Å². The van der Waals surface area contributed by atoms with E-state index in [2.05, 4.69) is 56.9 Å². The van der Waals surface area contributed by atoms with Crippen LogP contribution in [0, 0.1) is 0 Å². The van der Waals surface area contributed by atoms with Crippen LogP contribution in [0.3, 0.4) is 0 Å². The number of rotatable bonds is 6. The Kier molecular flexibility index (Phi) is 6.96. The quantitative estimate of drug-likeness (QED) is 0.427. The maximum atomic E-state index is 12.0. The molecule has 0 amide bonds. The third-order valence-corrected chi connectivity index (χ3v) is 7.24. The number of anilines is 1. The molecule has 2 heterocycles. The van der Waals surface area contributed by atoms with Gasteiger partial charge >= 0.3 is 0 Å². The van der Waals surface area contributed by atoms with E-state index in [9.17, 15) is 8.42 Å². The Bertz CT molecular complexity index is 788. The average Bonchev–Trinajstić information content (AvgIpc) is 3.26. The molecule has 0 atom stereocenters. The van der Waals surface area contributed by atoms with Crippen LogP contribution >= 0.6 is 0 Å². The van der Waals surface area contributed by atoms with Crippen LogP contribution < -0.4 is 15.5 Å². The number of benzene rings is 1. The first kappa shape index (κ1) is 20.7. The molecule has 0 bridgehead atoms. The second-order valence-electron chi connectivity index (χ2n) is 7.19. The summed E-state index contributed by atoms with van der Waals surface area (Å²) in [5, 5.41) is 6.78. The highest BCUT2D eigenvalue weighted by Crippen LogP contribution is 2.18. The van der Waals surface area contributed by atoms with Gasteiger partial charge in [-0.2, -0.15) is 0 Å². The molecule has 0 spiro atoms. The van der Waals surface area contributed by atoms with Crippen molar-refractivity contribution < 1.29 is 8.42 Å². The summed E-state index contributed by atoms with van der Waals surface area (Å²) in [4.78, 5) is 6.63. The summed E-state index contributed by atoms with van der Waals surface area (Å²) in [7, 11) is -1.32. The maximum Gasteiger partial charge on any atom is 0.213 e. The van der Waals surface area contributed by atoms with E-state index in [0.717, 1.165) is 31.9 Å². The maximum absolute atomic E-state index is 12.0. The molecule has 1 aromatic carbocycles. The van der Waals surface area contributed by atoms with Crippen LogP contribution in [0.4, 0.5) is 5.69 Å². The zero-order valence-electron chi connectivity index (χ0n) is 16.8. The summed E-state index contributed by atoms with van der Waals surface area (Å²) in [5.74, 6) is 0.922. The predicted octanol–water partition coefficient (Wildman–Crippen LogP) is 1.54. The number of nitrogens with one attached hydrogen (secondary N) is 2. The van der Waals surface area contributed by atoms with Crippen LogP contribution in [-0.2, 0) is 16.6 Å². The lowest BCUT2D eigenvalue weighted by Gasteiger charge is -2.32. The average molecular weight is 406 g/mol. The fourth-order valence-electron chi connectivity index (χ4n) is 3.55. The van der Waals surface area contributed by atoms with E-state index in [0.29, 0.717) is 19.6 Å². The Balaban J connectivity index is 1.45. The minimum atomic E-state index is -3.08. The minimum Gasteiger partial charge on any atom is -0.364 e. The Morgan fingerprint density at radius 3 is 2.36 bits per heavy atom. The second-order valence-corrected chi connectivity index (χ2v) is 9.44. The predicted molar refractivity (Wildman–Crippen MR) is 115 cm³/mol. The molecule has 1 saturated heterocycles. The Labute approximate surface area is 168 Å². The van der Waals surface area contributed by atoms with Crippen molar-refractivity contribution in [2.75, 3.05) is 43.9 Å². The van der Waals surface area contributed by atoms with Gasteiger partial charge in [-0.3, -0.25) is 4.99 Å². The molecule has 7 nitrogen and oxygen atoms in total. The minimum absolute atomic E-state index is 0.168. The van der Waals surface area contributed by atoms with Crippen molar-refractivity contribution in [1.29, 1.82) is 0 Å². The van der Waals surface area contributed by atoms with Gasteiger partial charge in [-0.25, -0.2) is 12.7 Å². The Morgan fingerprint density at radius 1 is 1.14 bits per heavy atom. The van der Waals surface area contributed by atoms with Gasteiger partial charge in [-0.1, -0.05) is 24.3 Å². The molecular weight excluding hydrogens is 374 g/mol. The lowest BCUT2D eigenvalue weighted by atomic mass is 10.1. The topological polar surface area (TPSA) is 77.0 Å². The van der Waals surface area contributed by atoms with E-state index in [-0.39, 0.29) is 11.8 Å². The summed E-state index contributed by atoms with van der Waals surface area (Å²) < 4.78 is 25.5. The van der Waals surface area contributed by atoms with E-state index in [1.165, 1.54) is 11.3 Å². The van der Waals surface area contributed by atoms with Crippen molar-refractivity contribution in [3.8, 4) is 0 Å². The summed E-state index contributed by atoms with van der Waals surface area (Å²) in [6.07, 6.45) is 5.96. The molecule has 3 rings (SSSR count). The van der Waals surface area contributed by atoms with Crippen LogP contribution in [0.25, 0.3) is 0 Å². The van der Waals surface area contributed by atoms with Crippen molar-refractivity contribution in [2.45, 2.75) is 32.4 Å². The molecule has 2 N–H and O–H groups in total. The van der Waals surface area contributed by atoms with Crippen molar-refractivity contribution in [1.82, 2.24) is 14.9 Å². The van der Waals surface area contributed by atoms with Crippen LogP contribution in [0.15, 0.2) is 41.4 Å². The first-order valence-corrected chi connectivity index (χ1v) is 11.6. The first-order chi connectivity index (χ1) is 13.5. The number of aliphatic imine (C=N–C) groups is 1. The molecule has 1 aromatic rings. The summed E-state index contributed by atoms with van der Waals surface area (Å²) in [6, 6.07) is 8.83. The van der Waals surface area contributed by atoms with E-state index >= 15 is 0 Å². The van der Waals surface area contributed by atoms with Gasteiger partial charge in [0.15, 0.2) is 5.96 Å². The van der Waals surface area contributed by atoms with E-state index in [4.69, 9.17) is 0 Å². The van der Waals surface area contributed by atoms with Gasteiger partial charge in [0.1, 0.15) is 0 Å². The van der Waals surface area contributed by atoms with Crippen LogP contribution in [-0.4, -0.2) is 63.7 Å². The number of guanidine groups is 1. The summed E-state index contributed by atoms with van der Waals surface area (Å²) >= 11 is 0. The zero-order chi connectivity index (χ0) is 20.0. The van der Waals surface area contributed by atoms with Gasteiger partial charge in [-0.05, 0) is 37.5 Å². The van der Waals surface area contributed by atoms with Crippen LogP contribution in [0.5, 0.6) is 0 Å². The summed E-state index contributed by atoms with van der Waals surface area (Å²) in [5.41, 5.74) is 2.44. The van der Waals surface area contributed by atoms with Gasteiger partial charge in [0.2, 0.25) is 10.0 Å². The zero-order valence-corrected chi connectivity index (χ0v) is 17.6. The number of sulfonamides is 1. The fourth-order valence-corrected chi connectivity index (χ4v) is 4.68. The molecule has 154 valence electrons. The Morgan fingerprint density at radius 2 is 1.79 bits per heavy atom. The SMILES string of the molecule is CCS(=O)(=O)N1CCC(NC(=NC)NCc2ccc(N3CC=CC3)cc2)CC1. The monoisotopic (exact) mass is 405 g/mol. The lowest BCUT2D eigenvalue weighted by Crippen LogP contribution is -2.49. The molecule has 1 fully saturated rings. The van der Waals surface area contributed by atoms with Crippen molar-refractivity contribution in [2.24, 2.45) is 4.99 Å². The molecular formula is C20H31N5O2S. The molecule has 0 aromatic heterocycles. The van der Waals surface area contributed by atoms with E-state index in [1.54, 1.807) is 18.3 Å². The number of hydrogen-bond acceptors (Lipinski definition) is 4. The number of hydrogen-bond donors (Lipinski definition) is 2. The Hall–Kier alpha value is -2.06. The van der Waals surface area contributed by atoms with Crippen LogP contribution in [0.2, 0.25) is 0 Å². The lowest BCUT2D eigenvalue weighted by molar-refractivity contribution is 0.306. The standard InChI is InChI=1S/C20H31N5O2S/c1-3-28(26,27)25-14-10-18(11-15-25)23-20(21-2)22-16-17-6-8-19(9-7-17)24-12-4-5-13-24/h4-9,18H,3,10-16H2,1-2H3,(H2,21,22,23). The molecule has 8 heteroatoms. The van der Waals surface area contributed by atoms with E-state index < -0.39 is 10.0 Å². The fraction of sp³-hybridized carbons (Fsp3) is 0.550. The van der Waals surface area contributed by atoms with E-state index in [1.807, 2.05) is 0 Å². The summed E-state index contributed by atoms with van der Waals surface area (Å²) in [6.45, 7) is 5.48. The number of piperidine rings is 1. The normalized spacial score (nSPS) is 19.2. The highest BCUT2D eigenvalue weighted by molar-refractivity contribution is 7.89. The molecule has 2 aliphatic rings. The highest BCUT2D eigenvalue weighted by atomic mass is 32.2. The third-order valence-electron chi connectivity index (χ3n) is 5.36. The smallest absolute Gasteiger partial charge is 0.213 e. The molecule has 0 saturated carbocycles. The first-order valence-electron chi connectivity index (χ1n) is 9.95. The van der Waals surface area contributed by atoms with Gasteiger partial charge < -0.3 is 15.5 Å². The largest absolute Gasteiger partial charge is 0.364 e. The molecule has 0 aliphatic carbocycles. The second kappa shape index (κ2) is 9.43. The van der Waals surface area contributed by atoms with Crippen molar-refractivity contribution >= 4 is 21.7 Å². The molecule has 2 aliphatic heterocycles. The number of nitrogens with zero attached hydrogens (tertiary/aromatic N) is 3. The van der Waals surface area contributed by atoms with Crippen LogP contribution in [0.1, 0.15) is 25.3 Å². The van der Waals surface area contributed by atoms with Crippen molar-refractivity contribution in [3.63, 3.8) is 0 Å². The van der Waals surface area contributed by atoms with Crippen molar-refractivity contribution in [3.05, 3.63) is 42.0 Å². The molecule has 0 unspecified atom stereocenters. The van der Waals surface area contributed by atoms with Gasteiger partial charge in [0, 0.05) is 51.5 Å². The molecule has 28 heavy (non-hydrogen) atoms.